The molecule has 2 rings (SSSR count). The molecule has 0 radical (unpaired) electrons. The van der Waals surface area contributed by atoms with Crippen molar-refractivity contribution in [2.24, 2.45) is 11.3 Å². The van der Waals surface area contributed by atoms with E-state index in [2.05, 4.69) is 24.5 Å². The largest absolute Gasteiger partial charge is 0.316 e. The average molecular weight is 210 g/mol. The number of hydrogen-bond acceptors (Lipinski definition) is 2. The minimum absolute atomic E-state index is 0.555. The lowest BCUT2D eigenvalue weighted by Crippen LogP contribution is -2.46. The third kappa shape index (κ3) is 2.73. The SMILES string of the molecule is CCC1CC1NCC1(CC)CCCNC1. The van der Waals surface area contributed by atoms with E-state index in [0.717, 1.165) is 12.0 Å². The summed E-state index contributed by atoms with van der Waals surface area (Å²) in [5.41, 5.74) is 0.555. The van der Waals surface area contributed by atoms with Gasteiger partial charge in [-0.3, -0.25) is 0 Å². The van der Waals surface area contributed by atoms with Gasteiger partial charge in [-0.25, -0.2) is 0 Å². The molecule has 1 saturated heterocycles. The fourth-order valence-corrected chi connectivity index (χ4v) is 2.90. The van der Waals surface area contributed by atoms with E-state index in [1.54, 1.807) is 0 Å². The Labute approximate surface area is 94.2 Å². The monoisotopic (exact) mass is 210 g/mol. The second kappa shape index (κ2) is 4.84. The van der Waals surface area contributed by atoms with Crippen LogP contribution in [-0.4, -0.2) is 25.7 Å². The van der Waals surface area contributed by atoms with Gasteiger partial charge in [-0.1, -0.05) is 20.3 Å². The number of hydrogen-bond donors (Lipinski definition) is 2. The quantitative estimate of drug-likeness (QED) is 0.726. The summed E-state index contributed by atoms with van der Waals surface area (Å²) in [7, 11) is 0. The predicted molar refractivity (Wildman–Crippen MR) is 65.0 cm³/mol. The maximum Gasteiger partial charge on any atom is 0.00992 e. The van der Waals surface area contributed by atoms with Crippen molar-refractivity contribution in [3.05, 3.63) is 0 Å². The van der Waals surface area contributed by atoms with Gasteiger partial charge in [0.05, 0.1) is 0 Å². The Bertz CT molecular complexity index is 197. The lowest BCUT2D eigenvalue weighted by atomic mass is 9.78. The molecule has 1 saturated carbocycles. The van der Waals surface area contributed by atoms with E-state index < -0.39 is 0 Å². The third-order valence-electron chi connectivity index (χ3n) is 4.50. The summed E-state index contributed by atoms with van der Waals surface area (Å²) in [5.74, 6) is 0.982. The third-order valence-corrected chi connectivity index (χ3v) is 4.50. The van der Waals surface area contributed by atoms with E-state index in [1.807, 2.05) is 0 Å². The molecule has 0 aromatic rings. The van der Waals surface area contributed by atoms with Crippen LogP contribution in [0.2, 0.25) is 0 Å². The van der Waals surface area contributed by atoms with Crippen molar-refractivity contribution in [1.29, 1.82) is 0 Å². The molecular weight excluding hydrogens is 184 g/mol. The van der Waals surface area contributed by atoms with Gasteiger partial charge in [0.2, 0.25) is 0 Å². The van der Waals surface area contributed by atoms with Crippen molar-refractivity contribution in [1.82, 2.24) is 10.6 Å². The first-order chi connectivity index (χ1) is 7.29. The van der Waals surface area contributed by atoms with Crippen molar-refractivity contribution in [3.8, 4) is 0 Å². The minimum atomic E-state index is 0.555. The smallest absolute Gasteiger partial charge is 0.00992 e. The summed E-state index contributed by atoms with van der Waals surface area (Å²) in [6, 6.07) is 0.848. The Morgan fingerprint density at radius 2 is 2.27 bits per heavy atom. The second-order valence-electron chi connectivity index (χ2n) is 5.53. The maximum atomic E-state index is 3.78. The van der Waals surface area contributed by atoms with E-state index in [4.69, 9.17) is 0 Å². The zero-order valence-corrected chi connectivity index (χ0v) is 10.3. The molecule has 88 valence electrons. The highest BCUT2D eigenvalue weighted by atomic mass is 15.0. The highest BCUT2D eigenvalue weighted by Gasteiger charge is 2.37. The molecule has 2 nitrogen and oxygen atoms in total. The van der Waals surface area contributed by atoms with E-state index >= 15 is 0 Å². The van der Waals surface area contributed by atoms with E-state index in [1.165, 1.54) is 51.7 Å². The molecule has 3 atom stereocenters. The average Bonchev–Trinajstić information content (AvgIpc) is 3.06. The first kappa shape index (κ1) is 11.4. The molecule has 0 amide bonds. The summed E-state index contributed by atoms with van der Waals surface area (Å²) < 4.78 is 0. The molecule has 2 fully saturated rings. The van der Waals surface area contributed by atoms with Crippen LogP contribution in [0.3, 0.4) is 0 Å². The first-order valence-electron chi connectivity index (χ1n) is 6.74. The fraction of sp³-hybridized carbons (Fsp3) is 1.00. The topological polar surface area (TPSA) is 24.1 Å². The van der Waals surface area contributed by atoms with Crippen LogP contribution in [0.25, 0.3) is 0 Å². The van der Waals surface area contributed by atoms with Crippen LogP contribution in [0.5, 0.6) is 0 Å². The van der Waals surface area contributed by atoms with Crippen molar-refractivity contribution in [2.75, 3.05) is 19.6 Å². The second-order valence-corrected chi connectivity index (χ2v) is 5.53. The van der Waals surface area contributed by atoms with Crippen LogP contribution in [0, 0.1) is 11.3 Å². The molecule has 15 heavy (non-hydrogen) atoms. The van der Waals surface area contributed by atoms with Gasteiger partial charge < -0.3 is 10.6 Å². The molecule has 0 aromatic heterocycles. The molecule has 0 aromatic carbocycles. The van der Waals surface area contributed by atoms with Crippen LogP contribution in [0.1, 0.15) is 46.0 Å². The fourth-order valence-electron chi connectivity index (χ4n) is 2.90. The lowest BCUT2D eigenvalue weighted by Gasteiger charge is -2.37. The van der Waals surface area contributed by atoms with Gasteiger partial charge in [-0.15, -0.1) is 0 Å². The van der Waals surface area contributed by atoms with Crippen LogP contribution in [0.15, 0.2) is 0 Å². The standard InChI is InChI=1S/C13H26N2/c1-3-11-8-12(11)15-10-13(4-2)6-5-7-14-9-13/h11-12,14-15H,3-10H2,1-2H3. The van der Waals surface area contributed by atoms with Crippen molar-refractivity contribution < 1.29 is 0 Å². The maximum absolute atomic E-state index is 3.78. The van der Waals surface area contributed by atoms with Crippen molar-refractivity contribution in [3.63, 3.8) is 0 Å². The lowest BCUT2D eigenvalue weighted by molar-refractivity contribution is 0.191. The molecule has 1 aliphatic heterocycles. The van der Waals surface area contributed by atoms with Crippen molar-refractivity contribution >= 4 is 0 Å². The molecule has 0 spiro atoms. The van der Waals surface area contributed by atoms with E-state index in [9.17, 15) is 0 Å². The van der Waals surface area contributed by atoms with Gasteiger partial charge in [-0.05, 0) is 43.6 Å². The van der Waals surface area contributed by atoms with Gasteiger partial charge in [0.1, 0.15) is 0 Å². The summed E-state index contributed by atoms with van der Waals surface area (Å²) in [4.78, 5) is 0. The Balaban J connectivity index is 1.75. The molecular formula is C13H26N2. The van der Waals surface area contributed by atoms with Gasteiger partial charge in [0.25, 0.3) is 0 Å². The molecule has 3 unspecified atom stereocenters. The predicted octanol–water partition coefficient (Wildman–Crippen LogP) is 2.15. The normalized spacial score (nSPS) is 40.4. The molecule has 0 bridgehead atoms. The first-order valence-corrected chi connectivity index (χ1v) is 6.74. The Kier molecular flexibility index (Phi) is 3.68. The van der Waals surface area contributed by atoms with Crippen LogP contribution < -0.4 is 10.6 Å². The summed E-state index contributed by atoms with van der Waals surface area (Å²) in [5, 5.41) is 7.33. The summed E-state index contributed by atoms with van der Waals surface area (Å²) >= 11 is 0. The van der Waals surface area contributed by atoms with Crippen LogP contribution in [0.4, 0.5) is 0 Å². The Hall–Kier alpha value is -0.0800. The Morgan fingerprint density at radius 1 is 1.40 bits per heavy atom. The van der Waals surface area contributed by atoms with Crippen LogP contribution >= 0.6 is 0 Å². The van der Waals surface area contributed by atoms with Crippen LogP contribution in [-0.2, 0) is 0 Å². The zero-order valence-electron chi connectivity index (χ0n) is 10.3. The number of piperidine rings is 1. The zero-order chi connectivity index (χ0) is 10.7. The van der Waals surface area contributed by atoms with Crippen molar-refractivity contribution in [2.45, 2.75) is 52.0 Å². The molecule has 1 aliphatic carbocycles. The van der Waals surface area contributed by atoms with Gasteiger partial charge in [0.15, 0.2) is 0 Å². The Morgan fingerprint density at radius 3 is 2.80 bits per heavy atom. The highest BCUT2D eigenvalue weighted by Crippen LogP contribution is 2.35. The molecule has 2 N–H and O–H groups in total. The summed E-state index contributed by atoms with van der Waals surface area (Å²) in [6.07, 6.45) is 6.86. The minimum Gasteiger partial charge on any atom is -0.316 e. The molecule has 2 aliphatic rings. The van der Waals surface area contributed by atoms with E-state index in [-0.39, 0.29) is 0 Å². The van der Waals surface area contributed by atoms with E-state index in [0.29, 0.717) is 5.41 Å². The number of rotatable bonds is 5. The van der Waals surface area contributed by atoms with Gasteiger partial charge in [0, 0.05) is 19.1 Å². The number of nitrogens with one attached hydrogen (secondary N) is 2. The highest BCUT2D eigenvalue weighted by molar-refractivity contribution is 4.95. The summed E-state index contributed by atoms with van der Waals surface area (Å²) in [6.45, 7) is 8.34. The molecule has 2 heteroatoms. The van der Waals surface area contributed by atoms with Gasteiger partial charge >= 0.3 is 0 Å². The molecule has 1 heterocycles. The van der Waals surface area contributed by atoms with Gasteiger partial charge in [-0.2, -0.15) is 0 Å².